The summed E-state index contributed by atoms with van der Waals surface area (Å²) >= 11 is 0. The summed E-state index contributed by atoms with van der Waals surface area (Å²) in [5.74, 6) is -0.202. The average molecular weight is 295 g/mol. The number of benzene rings is 1. The topological polar surface area (TPSA) is 85.3 Å². The molecular formula is C14H17NO6. The van der Waals surface area contributed by atoms with Gasteiger partial charge in [0, 0.05) is 13.5 Å². The first kappa shape index (κ1) is 15.0. The summed E-state index contributed by atoms with van der Waals surface area (Å²) in [6, 6.07) is 2.02. The van der Waals surface area contributed by atoms with Gasteiger partial charge in [-0.1, -0.05) is 0 Å². The molecule has 7 nitrogen and oxygen atoms in total. The molecule has 1 atom stereocenters. The third-order valence-electron chi connectivity index (χ3n) is 3.29. The van der Waals surface area contributed by atoms with Gasteiger partial charge in [0.25, 0.3) is 0 Å². The molecule has 1 amide bonds. The van der Waals surface area contributed by atoms with Gasteiger partial charge >= 0.3 is 5.97 Å². The van der Waals surface area contributed by atoms with E-state index in [1.807, 2.05) is 0 Å². The van der Waals surface area contributed by atoms with E-state index in [4.69, 9.17) is 14.2 Å². The molecule has 0 aliphatic carbocycles. The van der Waals surface area contributed by atoms with Crippen LogP contribution in [0.1, 0.15) is 25.5 Å². The van der Waals surface area contributed by atoms with Crippen LogP contribution in [-0.4, -0.2) is 42.3 Å². The zero-order valence-corrected chi connectivity index (χ0v) is 12.1. The van der Waals surface area contributed by atoms with Gasteiger partial charge in [0.1, 0.15) is 0 Å². The molecule has 1 heterocycles. The van der Waals surface area contributed by atoms with E-state index in [0.717, 1.165) is 0 Å². The number of rotatable bonds is 5. The number of hydrogen-bond donors (Lipinski definition) is 1. The Morgan fingerprint density at radius 2 is 2.14 bits per heavy atom. The Labute approximate surface area is 122 Å². The van der Waals surface area contributed by atoms with Crippen molar-refractivity contribution in [2.24, 2.45) is 0 Å². The second-order valence-corrected chi connectivity index (χ2v) is 4.50. The van der Waals surface area contributed by atoms with Crippen LogP contribution in [0.25, 0.3) is 0 Å². The predicted octanol–water partition coefficient (Wildman–Crippen LogP) is 1.42. The Hall–Kier alpha value is -2.44. The fourth-order valence-corrected chi connectivity index (χ4v) is 2.35. The minimum Gasteiger partial charge on any atom is -0.493 e. The van der Waals surface area contributed by atoms with Crippen molar-refractivity contribution in [3.8, 4) is 17.2 Å². The Morgan fingerprint density at radius 1 is 1.43 bits per heavy atom. The second-order valence-electron chi connectivity index (χ2n) is 4.50. The number of carboxylic acid groups (broad SMARTS) is 1. The quantitative estimate of drug-likeness (QED) is 0.884. The third-order valence-corrected chi connectivity index (χ3v) is 3.29. The normalized spacial score (nSPS) is 13.7. The van der Waals surface area contributed by atoms with Crippen LogP contribution in [0.15, 0.2) is 12.1 Å². The van der Waals surface area contributed by atoms with Gasteiger partial charge in [-0.15, -0.1) is 0 Å². The minimum absolute atomic E-state index is 0.0527. The van der Waals surface area contributed by atoms with Gasteiger partial charge in [-0.25, -0.2) is 4.79 Å². The summed E-state index contributed by atoms with van der Waals surface area (Å²) in [6.07, 6.45) is 0. The molecule has 0 saturated carbocycles. The van der Waals surface area contributed by atoms with Gasteiger partial charge in [-0.2, -0.15) is 0 Å². The number of methoxy groups -OCH3 is 1. The van der Waals surface area contributed by atoms with Crippen LogP contribution in [0, 0.1) is 0 Å². The molecule has 1 aliphatic heterocycles. The third kappa shape index (κ3) is 2.72. The molecule has 0 fully saturated rings. The SMILES string of the molecule is CCN(C(C)=O)C(C(=O)O)c1cc(OC)c2c(c1)OCO2. The van der Waals surface area contributed by atoms with Crippen LogP contribution in [0.5, 0.6) is 17.2 Å². The second kappa shape index (κ2) is 5.90. The molecule has 1 unspecified atom stereocenters. The fourth-order valence-electron chi connectivity index (χ4n) is 2.35. The summed E-state index contributed by atoms with van der Waals surface area (Å²) in [7, 11) is 1.46. The highest BCUT2D eigenvalue weighted by molar-refractivity contribution is 5.84. The molecule has 114 valence electrons. The number of carbonyl (C=O) groups excluding carboxylic acids is 1. The summed E-state index contributed by atoms with van der Waals surface area (Å²) in [5, 5.41) is 9.48. The van der Waals surface area contributed by atoms with Gasteiger partial charge in [0.15, 0.2) is 17.5 Å². The Bertz CT molecular complexity index is 571. The van der Waals surface area contributed by atoms with Crippen LogP contribution >= 0.6 is 0 Å². The van der Waals surface area contributed by atoms with Crippen molar-refractivity contribution < 1.29 is 28.9 Å². The number of carboxylic acids is 1. The van der Waals surface area contributed by atoms with E-state index in [1.165, 1.54) is 18.9 Å². The zero-order chi connectivity index (χ0) is 15.6. The molecule has 0 saturated heterocycles. The minimum atomic E-state index is -1.12. The highest BCUT2D eigenvalue weighted by Crippen LogP contribution is 2.43. The average Bonchev–Trinajstić information content (AvgIpc) is 2.90. The van der Waals surface area contributed by atoms with Gasteiger partial charge < -0.3 is 24.2 Å². The molecule has 1 aromatic rings. The lowest BCUT2D eigenvalue weighted by Crippen LogP contribution is -2.37. The Balaban J connectivity index is 2.51. The molecule has 2 rings (SSSR count). The van der Waals surface area contributed by atoms with Crippen molar-refractivity contribution in [2.45, 2.75) is 19.9 Å². The molecule has 1 N–H and O–H groups in total. The highest BCUT2D eigenvalue weighted by Gasteiger charge is 2.31. The van der Waals surface area contributed by atoms with Crippen LogP contribution < -0.4 is 14.2 Å². The van der Waals surface area contributed by atoms with Gasteiger partial charge in [0.05, 0.1) is 7.11 Å². The highest BCUT2D eigenvalue weighted by atomic mass is 16.7. The zero-order valence-electron chi connectivity index (χ0n) is 12.1. The first-order valence-corrected chi connectivity index (χ1v) is 6.47. The number of aliphatic carboxylic acids is 1. The number of nitrogens with zero attached hydrogens (tertiary/aromatic N) is 1. The van der Waals surface area contributed by atoms with Crippen molar-refractivity contribution in [1.29, 1.82) is 0 Å². The predicted molar refractivity (Wildman–Crippen MR) is 72.6 cm³/mol. The van der Waals surface area contributed by atoms with Crippen LogP contribution in [0.2, 0.25) is 0 Å². The Morgan fingerprint density at radius 3 is 2.67 bits per heavy atom. The van der Waals surface area contributed by atoms with E-state index in [9.17, 15) is 14.7 Å². The van der Waals surface area contributed by atoms with E-state index in [1.54, 1.807) is 19.1 Å². The molecule has 1 aromatic carbocycles. The van der Waals surface area contributed by atoms with E-state index in [0.29, 0.717) is 22.8 Å². The van der Waals surface area contributed by atoms with Gasteiger partial charge in [-0.05, 0) is 24.6 Å². The van der Waals surface area contributed by atoms with Crippen LogP contribution in [-0.2, 0) is 9.59 Å². The molecule has 0 spiro atoms. The maximum absolute atomic E-state index is 11.7. The molecule has 0 bridgehead atoms. The van der Waals surface area contributed by atoms with E-state index >= 15 is 0 Å². The molecular weight excluding hydrogens is 278 g/mol. The smallest absolute Gasteiger partial charge is 0.331 e. The summed E-state index contributed by atoms with van der Waals surface area (Å²) in [4.78, 5) is 24.5. The van der Waals surface area contributed by atoms with Gasteiger partial charge in [0.2, 0.25) is 18.4 Å². The maximum atomic E-state index is 11.7. The molecule has 0 aromatic heterocycles. The first-order valence-electron chi connectivity index (χ1n) is 6.47. The number of amides is 1. The monoisotopic (exact) mass is 295 g/mol. The standard InChI is InChI=1S/C14H17NO6/c1-4-15(8(2)16)12(14(17)18)9-5-10(19-3)13-11(6-9)20-7-21-13/h5-6,12H,4,7H2,1-3H3,(H,17,18). The number of ether oxygens (including phenoxy) is 3. The summed E-state index contributed by atoms with van der Waals surface area (Å²) in [5.41, 5.74) is 0.403. The van der Waals surface area contributed by atoms with Crippen LogP contribution in [0.3, 0.4) is 0 Å². The summed E-state index contributed by atoms with van der Waals surface area (Å²) in [6.45, 7) is 3.39. The lowest BCUT2D eigenvalue weighted by molar-refractivity contribution is -0.149. The van der Waals surface area contributed by atoms with Crippen molar-refractivity contribution in [1.82, 2.24) is 4.90 Å². The molecule has 0 radical (unpaired) electrons. The molecule has 21 heavy (non-hydrogen) atoms. The Kier molecular flexibility index (Phi) is 4.21. The fraction of sp³-hybridized carbons (Fsp3) is 0.429. The first-order chi connectivity index (χ1) is 9.99. The van der Waals surface area contributed by atoms with Crippen molar-refractivity contribution in [3.05, 3.63) is 17.7 Å². The van der Waals surface area contributed by atoms with E-state index in [2.05, 4.69) is 0 Å². The molecule has 7 heteroatoms. The van der Waals surface area contributed by atoms with Crippen molar-refractivity contribution in [2.75, 3.05) is 20.4 Å². The lowest BCUT2D eigenvalue weighted by Gasteiger charge is -2.27. The number of carbonyl (C=O) groups is 2. The van der Waals surface area contributed by atoms with Gasteiger partial charge in [-0.3, -0.25) is 4.79 Å². The lowest BCUT2D eigenvalue weighted by atomic mass is 10.0. The van der Waals surface area contributed by atoms with Crippen LogP contribution in [0.4, 0.5) is 0 Å². The van der Waals surface area contributed by atoms with Crippen molar-refractivity contribution in [3.63, 3.8) is 0 Å². The number of fused-ring (bicyclic) bond motifs is 1. The number of likely N-dealkylation sites (N-methyl/N-ethyl adjacent to an activating group) is 1. The number of hydrogen-bond acceptors (Lipinski definition) is 5. The van der Waals surface area contributed by atoms with Crippen molar-refractivity contribution >= 4 is 11.9 Å². The van der Waals surface area contributed by atoms with E-state index in [-0.39, 0.29) is 19.2 Å². The largest absolute Gasteiger partial charge is 0.493 e. The maximum Gasteiger partial charge on any atom is 0.331 e. The summed E-state index contributed by atoms with van der Waals surface area (Å²) < 4.78 is 15.8. The van der Waals surface area contributed by atoms with E-state index < -0.39 is 12.0 Å². The molecule has 1 aliphatic rings.